The number of aliphatic hydroxyl groups is 10. The van der Waals surface area contributed by atoms with Gasteiger partial charge in [-0.1, -0.05) is 53.2 Å². The predicted octanol–water partition coefficient (Wildman–Crippen LogP) is 1.29. The minimum Gasteiger partial charge on any atom is -0.394 e. The topological polar surface area (TPSA) is 258 Å². The van der Waals surface area contributed by atoms with Gasteiger partial charge >= 0.3 is 0 Å². The first-order valence-electron chi connectivity index (χ1n) is 24.2. The minimum absolute atomic E-state index is 0.0113. The molecule has 4 aliphatic heterocycles. The van der Waals surface area contributed by atoms with Crippen LogP contribution in [0.5, 0.6) is 0 Å². The summed E-state index contributed by atoms with van der Waals surface area (Å²) in [6, 6.07) is 0. The Labute approximate surface area is 378 Å². The molecule has 4 heterocycles. The zero-order valence-electron chi connectivity index (χ0n) is 39.1. The molecule has 0 amide bonds. The fourth-order valence-corrected chi connectivity index (χ4v) is 14.8. The van der Waals surface area contributed by atoms with Gasteiger partial charge in [-0.25, -0.2) is 0 Å². The zero-order valence-corrected chi connectivity index (χ0v) is 39.1. The van der Waals surface area contributed by atoms with Gasteiger partial charge in [0.15, 0.2) is 12.6 Å². The summed E-state index contributed by atoms with van der Waals surface area (Å²) >= 11 is 0. The van der Waals surface area contributed by atoms with Crippen LogP contribution in [0.2, 0.25) is 0 Å². The molecule has 0 aromatic heterocycles. The highest BCUT2D eigenvalue weighted by molar-refractivity contribution is 5.30. The summed E-state index contributed by atoms with van der Waals surface area (Å²) in [4.78, 5) is 0. The molecule has 16 heteroatoms. The monoisotopic (exact) mass is 913 g/mol. The van der Waals surface area contributed by atoms with Crippen LogP contribution in [0, 0.1) is 51.2 Å². The van der Waals surface area contributed by atoms with Crippen molar-refractivity contribution < 1.29 is 79.5 Å². The second-order valence-electron chi connectivity index (χ2n) is 23.1. The Morgan fingerprint density at radius 2 is 1.31 bits per heavy atom. The summed E-state index contributed by atoms with van der Waals surface area (Å²) in [5, 5.41) is 111. The van der Waals surface area contributed by atoms with Gasteiger partial charge in [-0.3, -0.25) is 0 Å². The van der Waals surface area contributed by atoms with Crippen LogP contribution in [0.3, 0.4) is 0 Å². The SMILES string of the molecule is CC1CCC2C(=CCC3C2(C)CCC2(C)C(C4CCC(C(C)(C)O)C5OC(COC6OC(CO)C(O)C(O)C6O)C(O)C(O)C5OC5OC(CO)C(O)C(O4)C5O)CCC32C)C1(C)C. The van der Waals surface area contributed by atoms with E-state index in [0.717, 1.165) is 32.1 Å². The number of rotatable bonds is 7. The van der Waals surface area contributed by atoms with E-state index in [1.54, 1.807) is 19.4 Å². The van der Waals surface area contributed by atoms with E-state index in [2.05, 4.69) is 47.6 Å². The van der Waals surface area contributed by atoms with Crippen molar-refractivity contribution >= 4 is 0 Å². The summed E-state index contributed by atoms with van der Waals surface area (Å²) in [7, 11) is 0. The molecule has 7 fully saturated rings. The highest BCUT2D eigenvalue weighted by Gasteiger charge is 2.68. The summed E-state index contributed by atoms with van der Waals surface area (Å²) in [6.07, 6.45) is -12.1. The van der Waals surface area contributed by atoms with Gasteiger partial charge in [0, 0.05) is 5.92 Å². The Bertz CT molecular complexity index is 1670. The lowest BCUT2D eigenvalue weighted by molar-refractivity contribution is -0.356. The molecule has 2 bridgehead atoms. The van der Waals surface area contributed by atoms with Gasteiger partial charge in [0.25, 0.3) is 0 Å². The van der Waals surface area contributed by atoms with Crippen LogP contribution in [-0.2, 0) is 28.4 Å². The second kappa shape index (κ2) is 17.8. The highest BCUT2D eigenvalue weighted by atomic mass is 16.7. The first-order chi connectivity index (χ1) is 29.9. The van der Waals surface area contributed by atoms with Crippen molar-refractivity contribution in [2.75, 3.05) is 19.8 Å². The fourth-order valence-electron chi connectivity index (χ4n) is 14.8. The molecule has 4 saturated heterocycles. The molecular formula is C48H80O16. The second-order valence-corrected chi connectivity index (χ2v) is 23.1. The van der Waals surface area contributed by atoms with E-state index >= 15 is 0 Å². The van der Waals surface area contributed by atoms with Gasteiger partial charge in [-0.2, -0.15) is 0 Å². The van der Waals surface area contributed by atoms with Crippen molar-refractivity contribution in [1.82, 2.24) is 0 Å². The molecule has 0 aromatic carbocycles. The normalized spacial score (nSPS) is 54.3. The van der Waals surface area contributed by atoms with Crippen molar-refractivity contribution in [3.63, 3.8) is 0 Å². The molecule has 24 atom stereocenters. The third-order valence-electron chi connectivity index (χ3n) is 19.4. The largest absolute Gasteiger partial charge is 0.394 e. The quantitative estimate of drug-likeness (QED) is 0.162. The van der Waals surface area contributed by atoms with Crippen LogP contribution in [0.4, 0.5) is 0 Å². The van der Waals surface area contributed by atoms with Crippen LogP contribution < -0.4 is 0 Å². The number of ether oxygens (including phenoxy) is 6. The number of fused-ring (bicyclic) bond motifs is 8. The van der Waals surface area contributed by atoms with Crippen LogP contribution >= 0.6 is 0 Å². The van der Waals surface area contributed by atoms with Gasteiger partial charge in [-0.05, 0) is 117 Å². The van der Waals surface area contributed by atoms with E-state index < -0.39 is 129 Å². The number of allylic oxidation sites excluding steroid dienone is 2. The van der Waals surface area contributed by atoms with Crippen LogP contribution in [0.15, 0.2) is 11.6 Å². The van der Waals surface area contributed by atoms with Gasteiger partial charge in [-0.15, -0.1) is 0 Å². The average Bonchev–Trinajstić information content (AvgIpc) is 3.51. The maximum atomic E-state index is 12.0. The predicted molar refractivity (Wildman–Crippen MR) is 229 cm³/mol. The van der Waals surface area contributed by atoms with E-state index in [1.807, 2.05) is 0 Å². The maximum Gasteiger partial charge on any atom is 0.187 e. The number of hydrogen-bond donors (Lipinski definition) is 10. The molecule has 10 N–H and O–H groups in total. The Hall–Kier alpha value is -0.900. The Morgan fingerprint density at radius 3 is 1.98 bits per heavy atom. The molecule has 4 aliphatic carbocycles. The van der Waals surface area contributed by atoms with Gasteiger partial charge in [0.1, 0.15) is 73.2 Å². The van der Waals surface area contributed by atoms with Crippen molar-refractivity contribution in [2.24, 2.45) is 51.2 Å². The third-order valence-corrected chi connectivity index (χ3v) is 19.4. The fraction of sp³-hybridized carbons (Fsp3) is 0.958. The number of hydrogen-bond acceptors (Lipinski definition) is 16. The Balaban J connectivity index is 1.11. The van der Waals surface area contributed by atoms with Gasteiger partial charge in [0.05, 0.1) is 37.6 Å². The van der Waals surface area contributed by atoms with Crippen LogP contribution in [0.25, 0.3) is 0 Å². The summed E-state index contributed by atoms with van der Waals surface area (Å²) in [5.41, 5.74) is 0.206. The van der Waals surface area contributed by atoms with Gasteiger partial charge < -0.3 is 79.5 Å². The molecular weight excluding hydrogens is 833 g/mol. The summed E-state index contributed by atoms with van der Waals surface area (Å²) in [5.74, 6) is 0.798. The summed E-state index contributed by atoms with van der Waals surface area (Å²) in [6.45, 7) is 16.2. The van der Waals surface area contributed by atoms with Crippen LogP contribution in [-0.4, -0.2) is 175 Å². The maximum absolute atomic E-state index is 12.0. The molecule has 0 aromatic rings. The van der Waals surface area contributed by atoms with E-state index in [1.165, 1.54) is 12.8 Å². The van der Waals surface area contributed by atoms with Crippen LogP contribution in [0.1, 0.15) is 113 Å². The molecule has 0 radical (unpaired) electrons. The van der Waals surface area contributed by atoms with Crippen molar-refractivity contribution in [2.45, 2.75) is 217 Å². The van der Waals surface area contributed by atoms with E-state index in [9.17, 15) is 51.1 Å². The third kappa shape index (κ3) is 7.90. The summed E-state index contributed by atoms with van der Waals surface area (Å²) < 4.78 is 37.3. The smallest absolute Gasteiger partial charge is 0.187 e. The van der Waals surface area contributed by atoms with E-state index in [4.69, 9.17) is 28.4 Å². The molecule has 64 heavy (non-hydrogen) atoms. The lowest BCUT2D eigenvalue weighted by atomic mass is 9.39. The molecule has 24 unspecified atom stereocenters. The lowest BCUT2D eigenvalue weighted by Crippen LogP contribution is -2.67. The van der Waals surface area contributed by atoms with Crippen molar-refractivity contribution in [1.29, 1.82) is 0 Å². The lowest BCUT2D eigenvalue weighted by Gasteiger charge is -2.66. The van der Waals surface area contributed by atoms with Gasteiger partial charge in [0.2, 0.25) is 0 Å². The molecule has 8 rings (SSSR count). The minimum atomic E-state index is -1.72. The zero-order chi connectivity index (χ0) is 46.6. The highest BCUT2D eigenvalue weighted by Crippen LogP contribution is 2.75. The standard InChI is InChI=1S/C48H80O16/c1-22-9-10-24-23(44(22,2)3)12-14-31-46(24,6)17-18-47(7)25(15-16-48(31,47)8)27-13-11-26(45(4,5)58)39-41(64-43-38(57)40(60-27)34(53)29(20-50)63-43)36(55)33(52)30(61-39)21-59-42-37(56)35(54)32(51)28(19-49)62-42/h12,22,24-43,49-58H,9-11,13-21H2,1-8H3. The first kappa shape index (κ1) is 49.5. The molecule has 3 saturated carbocycles. The molecule has 368 valence electrons. The van der Waals surface area contributed by atoms with E-state index in [0.29, 0.717) is 24.2 Å². The van der Waals surface area contributed by atoms with Crippen molar-refractivity contribution in [3.05, 3.63) is 11.6 Å². The Morgan fingerprint density at radius 1 is 0.641 bits per heavy atom. The molecule has 8 aliphatic rings. The van der Waals surface area contributed by atoms with Crippen molar-refractivity contribution in [3.8, 4) is 0 Å². The first-order valence-corrected chi connectivity index (χ1v) is 24.2. The number of aliphatic hydroxyl groups excluding tert-OH is 9. The Kier molecular flexibility index (Phi) is 13.8. The molecule has 16 nitrogen and oxygen atoms in total. The molecule has 0 spiro atoms. The van der Waals surface area contributed by atoms with E-state index in [-0.39, 0.29) is 34.0 Å². The average molecular weight is 913 g/mol.